The van der Waals surface area contributed by atoms with Gasteiger partial charge in [-0.15, -0.1) is 0 Å². The van der Waals surface area contributed by atoms with Crippen LogP contribution in [0.15, 0.2) is 36.9 Å². The van der Waals surface area contributed by atoms with Crippen LogP contribution in [0.25, 0.3) is 0 Å². The van der Waals surface area contributed by atoms with E-state index < -0.39 is 0 Å². The van der Waals surface area contributed by atoms with Crippen molar-refractivity contribution in [1.82, 2.24) is 15.0 Å². The van der Waals surface area contributed by atoms with Gasteiger partial charge in [-0.25, -0.2) is 9.97 Å². The van der Waals surface area contributed by atoms with Gasteiger partial charge in [0.1, 0.15) is 0 Å². The molecule has 0 atom stereocenters. The maximum absolute atomic E-state index is 4.17. The Bertz CT molecular complexity index is 425. The zero-order valence-corrected chi connectivity index (χ0v) is 9.22. The maximum atomic E-state index is 4.17. The number of rotatable bonds is 4. The standard InChI is InChI=1S/C12H14N4/c1-10-7-15-12(16-8-10)14-6-4-11-3-2-5-13-9-11/h2-3,5,7-9H,4,6H2,1H3,(H,14,15,16). The SMILES string of the molecule is Cc1cnc(NCCc2cccnc2)nc1. The first-order valence-electron chi connectivity index (χ1n) is 5.26. The summed E-state index contributed by atoms with van der Waals surface area (Å²) in [7, 11) is 0. The van der Waals surface area contributed by atoms with Crippen molar-refractivity contribution >= 4 is 5.95 Å². The minimum atomic E-state index is 0.675. The van der Waals surface area contributed by atoms with Crippen molar-refractivity contribution in [2.45, 2.75) is 13.3 Å². The molecule has 0 saturated carbocycles. The quantitative estimate of drug-likeness (QED) is 0.843. The molecule has 82 valence electrons. The van der Waals surface area contributed by atoms with Crippen LogP contribution in [-0.2, 0) is 6.42 Å². The van der Waals surface area contributed by atoms with E-state index in [9.17, 15) is 0 Å². The first kappa shape index (κ1) is 10.5. The fourth-order valence-corrected chi connectivity index (χ4v) is 1.35. The molecule has 0 radical (unpaired) electrons. The summed E-state index contributed by atoms with van der Waals surface area (Å²) in [6.07, 6.45) is 8.18. The molecule has 0 spiro atoms. The molecule has 1 N–H and O–H groups in total. The van der Waals surface area contributed by atoms with Crippen LogP contribution in [0.5, 0.6) is 0 Å². The van der Waals surface area contributed by atoms with E-state index in [2.05, 4.69) is 26.3 Å². The molecule has 0 aromatic carbocycles. The van der Waals surface area contributed by atoms with Crippen LogP contribution < -0.4 is 5.32 Å². The summed E-state index contributed by atoms with van der Waals surface area (Å²) in [5.74, 6) is 0.675. The number of nitrogens with zero attached hydrogens (tertiary/aromatic N) is 3. The van der Waals surface area contributed by atoms with Gasteiger partial charge >= 0.3 is 0 Å². The Morgan fingerprint density at radius 3 is 2.69 bits per heavy atom. The van der Waals surface area contributed by atoms with Crippen molar-refractivity contribution in [3.63, 3.8) is 0 Å². The lowest BCUT2D eigenvalue weighted by atomic mass is 10.2. The predicted octanol–water partition coefficient (Wildman–Crippen LogP) is 1.83. The molecule has 0 aliphatic rings. The molecule has 0 aliphatic heterocycles. The summed E-state index contributed by atoms with van der Waals surface area (Å²) in [5, 5.41) is 3.17. The molecule has 0 amide bonds. The highest BCUT2D eigenvalue weighted by molar-refractivity contribution is 5.24. The van der Waals surface area contributed by atoms with E-state index >= 15 is 0 Å². The second kappa shape index (κ2) is 5.21. The fraction of sp³-hybridized carbons (Fsp3) is 0.250. The first-order chi connectivity index (χ1) is 7.84. The van der Waals surface area contributed by atoms with Gasteiger partial charge in [-0.2, -0.15) is 0 Å². The van der Waals surface area contributed by atoms with E-state index in [1.165, 1.54) is 5.56 Å². The Morgan fingerprint density at radius 2 is 2.00 bits per heavy atom. The lowest BCUT2D eigenvalue weighted by Gasteiger charge is -2.04. The molecular weight excluding hydrogens is 200 g/mol. The molecule has 2 aromatic rings. The smallest absolute Gasteiger partial charge is 0.222 e. The molecule has 2 aromatic heterocycles. The third kappa shape index (κ3) is 3.02. The van der Waals surface area contributed by atoms with Crippen LogP contribution in [0.4, 0.5) is 5.95 Å². The van der Waals surface area contributed by atoms with Crippen LogP contribution in [0.3, 0.4) is 0 Å². The number of pyridine rings is 1. The van der Waals surface area contributed by atoms with Gasteiger partial charge in [0.25, 0.3) is 0 Å². The molecule has 2 heterocycles. The molecule has 0 saturated heterocycles. The maximum Gasteiger partial charge on any atom is 0.222 e. The molecule has 0 bridgehead atoms. The molecule has 0 fully saturated rings. The second-order valence-electron chi connectivity index (χ2n) is 3.62. The summed E-state index contributed by atoms with van der Waals surface area (Å²) in [6, 6.07) is 4.00. The van der Waals surface area contributed by atoms with E-state index in [1.54, 1.807) is 18.6 Å². The van der Waals surface area contributed by atoms with Gasteiger partial charge in [-0.3, -0.25) is 4.98 Å². The number of aryl methyl sites for hydroxylation is 1. The molecule has 16 heavy (non-hydrogen) atoms. The molecule has 0 aliphatic carbocycles. The van der Waals surface area contributed by atoms with Gasteiger partial charge in [0.15, 0.2) is 0 Å². The number of hydrogen-bond donors (Lipinski definition) is 1. The monoisotopic (exact) mass is 214 g/mol. The van der Waals surface area contributed by atoms with Crippen LogP contribution in [0.2, 0.25) is 0 Å². The number of anilines is 1. The van der Waals surface area contributed by atoms with Gasteiger partial charge in [0, 0.05) is 31.3 Å². The Hall–Kier alpha value is -1.97. The zero-order valence-electron chi connectivity index (χ0n) is 9.22. The van der Waals surface area contributed by atoms with Gasteiger partial charge in [0.2, 0.25) is 5.95 Å². The molecule has 2 rings (SSSR count). The Balaban J connectivity index is 1.82. The Morgan fingerprint density at radius 1 is 1.19 bits per heavy atom. The van der Waals surface area contributed by atoms with Crippen LogP contribution in [0, 0.1) is 6.92 Å². The van der Waals surface area contributed by atoms with Crippen molar-refractivity contribution in [3.8, 4) is 0 Å². The highest BCUT2D eigenvalue weighted by atomic mass is 15.1. The Labute approximate surface area is 94.8 Å². The highest BCUT2D eigenvalue weighted by Crippen LogP contribution is 2.00. The van der Waals surface area contributed by atoms with E-state index in [-0.39, 0.29) is 0 Å². The van der Waals surface area contributed by atoms with Crippen LogP contribution in [-0.4, -0.2) is 21.5 Å². The first-order valence-corrected chi connectivity index (χ1v) is 5.26. The van der Waals surface area contributed by atoms with E-state index in [1.807, 2.05) is 19.2 Å². The van der Waals surface area contributed by atoms with E-state index in [0.717, 1.165) is 18.5 Å². The van der Waals surface area contributed by atoms with Crippen molar-refractivity contribution in [1.29, 1.82) is 0 Å². The van der Waals surface area contributed by atoms with Gasteiger partial charge in [-0.1, -0.05) is 6.07 Å². The molecule has 4 nitrogen and oxygen atoms in total. The van der Waals surface area contributed by atoms with Crippen molar-refractivity contribution < 1.29 is 0 Å². The van der Waals surface area contributed by atoms with Crippen molar-refractivity contribution in [3.05, 3.63) is 48.0 Å². The Kier molecular flexibility index (Phi) is 3.43. The van der Waals surface area contributed by atoms with Crippen molar-refractivity contribution in [2.75, 3.05) is 11.9 Å². The number of aromatic nitrogens is 3. The second-order valence-corrected chi connectivity index (χ2v) is 3.62. The third-order valence-corrected chi connectivity index (χ3v) is 2.20. The molecule has 0 unspecified atom stereocenters. The minimum Gasteiger partial charge on any atom is -0.354 e. The van der Waals surface area contributed by atoms with E-state index in [4.69, 9.17) is 0 Å². The summed E-state index contributed by atoms with van der Waals surface area (Å²) in [4.78, 5) is 12.4. The third-order valence-electron chi connectivity index (χ3n) is 2.20. The predicted molar refractivity (Wildman–Crippen MR) is 63.2 cm³/mol. The van der Waals surface area contributed by atoms with E-state index in [0.29, 0.717) is 5.95 Å². The molecular formula is C12H14N4. The summed E-state index contributed by atoms with van der Waals surface area (Å²) < 4.78 is 0. The zero-order chi connectivity index (χ0) is 11.2. The molecule has 4 heteroatoms. The average Bonchev–Trinajstić information content (AvgIpc) is 2.33. The number of hydrogen-bond acceptors (Lipinski definition) is 4. The average molecular weight is 214 g/mol. The van der Waals surface area contributed by atoms with Crippen LogP contribution >= 0.6 is 0 Å². The van der Waals surface area contributed by atoms with Crippen molar-refractivity contribution in [2.24, 2.45) is 0 Å². The van der Waals surface area contributed by atoms with Gasteiger partial charge in [0.05, 0.1) is 0 Å². The lowest BCUT2D eigenvalue weighted by molar-refractivity contribution is 0.971. The van der Waals surface area contributed by atoms with Gasteiger partial charge in [-0.05, 0) is 30.5 Å². The van der Waals surface area contributed by atoms with Crippen LogP contribution in [0.1, 0.15) is 11.1 Å². The normalized spacial score (nSPS) is 10.1. The fourth-order valence-electron chi connectivity index (χ4n) is 1.35. The largest absolute Gasteiger partial charge is 0.354 e. The minimum absolute atomic E-state index is 0.675. The summed E-state index contributed by atoms with van der Waals surface area (Å²) >= 11 is 0. The summed E-state index contributed by atoms with van der Waals surface area (Å²) in [6.45, 7) is 2.79. The summed E-state index contributed by atoms with van der Waals surface area (Å²) in [5.41, 5.74) is 2.28. The highest BCUT2D eigenvalue weighted by Gasteiger charge is 1.95. The van der Waals surface area contributed by atoms with Gasteiger partial charge < -0.3 is 5.32 Å². The number of nitrogens with one attached hydrogen (secondary N) is 1. The lowest BCUT2D eigenvalue weighted by Crippen LogP contribution is -2.07. The topological polar surface area (TPSA) is 50.7 Å².